The van der Waals surface area contributed by atoms with Crippen LogP contribution in [0.4, 0.5) is 15.4 Å². The van der Waals surface area contributed by atoms with E-state index in [2.05, 4.69) is 9.88 Å². The van der Waals surface area contributed by atoms with E-state index in [1.165, 1.54) is 7.11 Å². The van der Waals surface area contributed by atoms with Crippen molar-refractivity contribution in [1.82, 2.24) is 14.8 Å². The fourth-order valence-electron chi connectivity index (χ4n) is 3.15. The number of pyridine rings is 1. The minimum atomic E-state index is -0.540. The number of piperazine rings is 1. The van der Waals surface area contributed by atoms with Crippen molar-refractivity contribution >= 4 is 18.0 Å². The Kier molecular flexibility index (Phi) is 5.81. The number of ether oxygens (including phenoxy) is 3. The fourth-order valence-corrected chi connectivity index (χ4v) is 3.15. The molecule has 1 saturated heterocycles. The number of fused-ring (bicyclic) bond motifs is 1. The highest BCUT2D eigenvalue weighted by Gasteiger charge is 2.27. The van der Waals surface area contributed by atoms with Gasteiger partial charge in [0.15, 0.2) is 0 Å². The summed E-state index contributed by atoms with van der Waals surface area (Å²) in [6, 6.07) is 3.86. The Morgan fingerprint density at radius 1 is 1.04 bits per heavy atom. The first-order valence-electron chi connectivity index (χ1n) is 9.45. The smallest absolute Gasteiger partial charge is 0.410 e. The molecule has 0 unspecified atom stereocenters. The van der Waals surface area contributed by atoms with Crippen LogP contribution in [0.2, 0.25) is 0 Å². The minimum absolute atomic E-state index is 0.305. The van der Waals surface area contributed by atoms with E-state index < -0.39 is 5.60 Å². The number of methoxy groups -OCH3 is 1. The summed E-state index contributed by atoms with van der Waals surface area (Å²) >= 11 is 0. The first-order chi connectivity index (χ1) is 13.3. The highest BCUT2D eigenvalue weighted by molar-refractivity contribution is 5.69. The zero-order valence-electron chi connectivity index (χ0n) is 16.9. The lowest BCUT2D eigenvalue weighted by Crippen LogP contribution is -2.49. The maximum Gasteiger partial charge on any atom is 0.410 e. The number of carbonyl (C=O) groups is 2. The van der Waals surface area contributed by atoms with Crippen LogP contribution >= 0.6 is 0 Å². The zero-order chi connectivity index (χ0) is 20.3. The molecule has 0 aliphatic carbocycles. The molecule has 2 amide bonds. The molecule has 3 rings (SSSR count). The number of hydrogen-bond acceptors (Lipinski definition) is 7. The van der Waals surface area contributed by atoms with Gasteiger partial charge in [0.05, 0.1) is 20.2 Å². The Hall–Kier alpha value is -2.71. The molecule has 1 aromatic heterocycles. The Morgan fingerprint density at radius 3 is 2.39 bits per heavy atom. The van der Waals surface area contributed by atoms with Crippen molar-refractivity contribution in [3.05, 3.63) is 17.7 Å². The number of hydrogen-bond donors (Lipinski definition) is 0. The van der Waals surface area contributed by atoms with Crippen LogP contribution in [-0.2, 0) is 16.0 Å². The van der Waals surface area contributed by atoms with Crippen molar-refractivity contribution in [2.24, 2.45) is 0 Å². The Balaban J connectivity index is 1.66. The van der Waals surface area contributed by atoms with Gasteiger partial charge in [0.1, 0.15) is 18.0 Å². The van der Waals surface area contributed by atoms with Gasteiger partial charge in [0.2, 0.25) is 5.88 Å². The average molecular weight is 392 g/mol. The Labute approximate surface area is 165 Å². The second-order valence-electron chi connectivity index (χ2n) is 7.83. The molecule has 0 bridgehead atoms. The molecule has 0 atom stereocenters. The second kappa shape index (κ2) is 8.12. The number of anilines is 1. The SMILES string of the molecule is COC(=O)N1CCN(c2ccc3c(n2)OCCN(C(=O)OC(C)(C)C)C3)CC1. The molecule has 3 heterocycles. The van der Waals surface area contributed by atoms with E-state index in [-0.39, 0.29) is 12.2 Å². The molecule has 9 nitrogen and oxygen atoms in total. The molecule has 1 aromatic rings. The van der Waals surface area contributed by atoms with Gasteiger partial charge in [-0.05, 0) is 32.9 Å². The predicted molar refractivity (Wildman–Crippen MR) is 103 cm³/mol. The molecule has 0 aromatic carbocycles. The lowest BCUT2D eigenvalue weighted by atomic mass is 10.2. The largest absolute Gasteiger partial charge is 0.475 e. The van der Waals surface area contributed by atoms with Gasteiger partial charge in [-0.3, -0.25) is 0 Å². The summed E-state index contributed by atoms with van der Waals surface area (Å²) in [5, 5.41) is 0. The van der Waals surface area contributed by atoms with Crippen molar-refractivity contribution in [3.63, 3.8) is 0 Å². The van der Waals surface area contributed by atoms with Crippen molar-refractivity contribution in [2.45, 2.75) is 32.9 Å². The third kappa shape index (κ3) is 4.76. The van der Waals surface area contributed by atoms with E-state index in [4.69, 9.17) is 14.2 Å². The van der Waals surface area contributed by atoms with Crippen LogP contribution in [0, 0.1) is 0 Å². The van der Waals surface area contributed by atoms with Gasteiger partial charge in [-0.15, -0.1) is 0 Å². The van der Waals surface area contributed by atoms with Gasteiger partial charge in [-0.1, -0.05) is 0 Å². The number of nitrogens with zero attached hydrogens (tertiary/aromatic N) is 4. The van der Waals surface area contributed by atoms with Gasteiger partial charge in [0.25, 0.3) is 0 Å². The fraction of sp³-hybridized carbons (Fsp3) is 0.632. The summed E-state index contributed by atoms with van der Waals surface area (Å²) in [6.07, 6.45) is -0.660. The van der Waals surface area contributed by atoms with E-state index in [1.54, 1.807) is 9.80 Å². The number of amides is 2. The standard InChI is InChI=1S/C19H28N4O5/c1-19(2,3)28-18(25)23-11-12-27-16-14(13-23)5-6-15(20-16)21-7-9-22(10-8-21)17(24)26-4/h5-6H,7-13H2,1-4H3. The number of rotatable bonds is 1. The van der Waals surface area contributed by atoms with E-state index in [0.717, 1.165) is 11.4 Å². The molecule has 0 saturated carbocycles. The van der Waals surface area contributed by atoms with Crippen LogP contribution in [0.25, 0.3) is 0 Å². The van der Waals surface area contributed by atoms with Crippen LogP contribution in [0.5, 0.6) is 5.88 Å². The van der Waals surface area contributed by atoms with Crippen LogP contribution < -0.4 is 9.64 Å². The predicted octanol–water partition coefficient (Wildman–Crippen LogP) is 2.10. The van der Waals surface area contributed by atoms with Gasteiger partial charge in [-0.25, -0.2) is 9.59 Å². The van der Waals surface area contributed by atoms with Crippen molar-refractivity contribution in [1.29, 1.82) is 0 Å². The average Bonchev–Trinajstić information content (AvgIpc) is 2.88. The third-order valence-electron chi connectivity index (χ3n) is 4.57. The van der Waals surface area contributed by atoms with Gasteiger partial charge >= 0.3 is 12.2 Å². The molecule has 0 spiro atoms. The van der Waals surface area contributed by atoms with E-state index in [0.29, 0.717) is 51.8 Å². The first kappa shape index (κ1) is 20.0. The normalized spacial score (nSPS) is 17.4. The minimum Gasteiger partial charge on any atom is -0.475 e. The second-order valence-corrected chi connectivity index (χ2v) is 7.83. The summed E-state index contributed by atoms with van der Waals surface area (Å²) in [4.78, 5) is 34.1. The summed E-state index contributed by atoms with van der Waals surface area (Å²) < 4.78 is 16.0. The molecular formula is C19H28N4O5. The maximum absolute atomic E-state index is 12.4. The van der Waals surface area contributed by atoms with Crippen molar-refractivity contribution in [2.75, 3.05) is 51.3 Å². The molecule has 0 N–H and O–H groups in total. The Morgan fingerprint density at radius 2 is 1.75 bits per heavy atom. The summed E-state index contributed by atoms with van der Waals surface area (Å²) in [5.74, 6) is 1.34. The third-order valence-corrected chi connectivity index (χ3v) is 4.57. The summed E-state index contributed by atoms with van der Waals surface area (Å²) in [6.45, 7) is 9.25. The van der Waals surface area contributed by atoms with Crippen molar-refractivity contribution in [3.8, 4) is 5.88 Å². The maximum atomic E-state index is 12.4. The quantitative estimate of drug-likeness (QED) is 0.724. The van der Waals surface area contributed by atoms with Crippen LogP contribution in [0.15, 0.2) is 12.1 Å². The molecule has 0 radical (unpaired) electrons. The summed E-state index contributed by atoms with van der Waals surface area (Å²) in [7, 11) is 1.39. The van der Waals surface area contributed by atoms with Gasteiger partial charge < -0.3 is 28.9 Å². The van der Waals surface area contributed by atoms with Gasteiger partial charge in [0, 0.05) is 31.7 Å². The van der Waals surface area contributed by atoms with Crippen LogP contribution in [-0.4, -0.2) is 79.0 Å². The topological polar surface area (TPSA) is 84.4 Å². The first-order valence-corrected chi connectivity index (χ1v) is 9.45. The lowest BCUT2D eigenvalue weighted by molar-refractivity contribution is 0.0225. The van der Waals surface area contributed by atoms with Crippen molar-refractivity contribution < 1.29 is 23.8 Å². The zero-order valence-corrected chi connectivity index (χ0v) is 16.9. The molecular weight excluding hydrogens is 364 g/mol. The number of carbonyl (C=O) groups excluding carboxylic acids is 2. The van der Waals surface area contributed by atoms with E-state index in [1.807, 2.05) is 32.9 Å². The highest BCUT2D eigenvalue weighted by atomic mass is 16.6. The lowest BCUT2D eigenvalue weighted by Gasteiger charge is -2.34. The molecule has 1 fully saturated rings. The summed E-state index contributed by atoms with van der Waals surface area (Å²) in [5.41, 5.74) is 0.307. The molecule has 2 aliphatic rings. The van der Waals surface area contributed by atoms with E-state index >= 15 is 0 Å². The molecule has 154 valence electrons. The molecule has 9 heteroatoms. The monoisotopic (exact) mass is 392 g/mol. The van der Waals surface area contributed by atoms with E-state index in [9.17, 15) is 9.59 Å². The molecule has 28 heavy (non-hydrogen) atoms. The highest BCUT2D eigenvalue weighted by Crippen LogP contribution is 2.26. The van der Waals surface area contributed by atoms with Crippen LogP contribution in [0.3, 0.4) is 0 Å². The number of aromatic nitrogens is 1. The van der Waals surface area contributed by atoms with Crippen LogP contribution in [0.1, 0.15) is 26.3 Å². The van der Waals surface area contributed by atoms with Gasteiger partial charge in [-0.2, -0.15) is 4.98 Å². The molecule has 2 aliphatic heterocycles. The Bertz CT molecular complexity index is 726.